The number of benzene rings is 1. The van der Waals surface area contributed by atoms with E-state index in [1.165, 1.54) is 5.56 Å². The van der Waals surface area contributed by atoms with Crippen LogP contribution in [0.5, 0.6) is 5.75 Å². The molecule has 0 fully saturated rings. The van der Waals surface area contributed by atoms with Gasteiger partial charge in [0.2, 0.25) is 0 Å². The van der Waals surface area contributed by atoms with Crippen LogP contribution in [0.1, 0.15) is 18.9 Å². The van der Waals surface area contributed by atoms with E-state index in [9.17, 15) is 8.42 Å². The van der Waals surface area contributed by atoms with Crippen LogP contribution in [0.2, 0.25) is 0 Å². The number of ether oxygens (including phenoxy) is 1. The maximum absolute atomic E-state index is 11.3. The lowest BCUT2D eigenvalue weighted by molar-refractivity contribution is 0.409. The molecule has 5 heteroatoms. The smallest absolute Gasteiger partial charge is 0.150 e. The molecule has 0 unspecified atom stereocenters. The third-order valence-corrected chi connectivity index (χ3v) is 4.80. The largest absolute Gasteiger partial charge is 0.496 e. The van der Waals surface area contributed by atoms with Gasteiger partial charge in [-0.05, 0) is 37.6 Å². The summed E-state index contributed by atoms with van der Waals surface area (Å²) in [6, 6.07) is 7.93. The number of rotatable bonds is 9. The van der Waals surface area contributed by atoms with Gasteiger partial charge in [0.15, 0.2) is 0 Å². The second-order valence-electron chi connectivity index (χ2n) is 4.40. The third kappa shape index (κ3) is 6.07. The molecule has 0 heterocycles. The molecular weight excluding hydrogens is 262 g/mol. The summed E-state index contributed by atoms with van der Waals surface area (Å²) < 4.78 is 27.9. The second-order valence-corrected chi connectivity index (χ2v) is 6.87. The van der Waals surface area contributed by atoms with Crippen molar-refractivity contribution < 1.29 is 13.2 Å². The zero-order chi connectivity index (χ0) is 14.1. The van der Waals surface area contributed by atoms with Gasteiger partial charge in [-0.25, -0.2) is 8.42 Å². The van der Waals surface area contributed by atoms with Gasteiger partial charge in [-0.2, -0.15) is 0 Å². The summed E-state index contributed by atoms with van der Waals surface area (Å²) >= 11 is 0. The Hall–Kier alpha value is -1.07. The predicted octanol–water partition coefficient (Wildman–Crippen LogP) is 1.65. The highest BCUT2D eigenvalue weighted by Crippen LogP contribution is 2.17. The van der Waals surface area contributed by atoms with E-state index < -0.39 is 9.84 Å². The van der Waals surface area contributed by atoms with Crippen LogP contribution in [0.25, 0.3) is 0 Å². The topological polar surface area (TPSA) is 55.4 Å². The van der Waals surface area contributed by atoms with Crippen molar-refractivity contribution in [2.75, 3.05) is 31.7 Å². The fraction of sp³-hybridized carbons (Fsp3) is 0.571. The Morgan fingerprint density at radius 3 is 2.63 bits per heavy atom. The standard InChI is InChI=1S/C14H23NO3S/c1-3-19(16,17)12-6-10-15-11-9-13-7-4-5-8-14(13)18-2/h4-5,7-8,15H,3,6,9-12H2,1-2H3. The molecule has 0 aliphatic heterocycles. The maximum Gasteiger partial charge on any atom is 0.150 e. The van der Waals surface area contributed by atoms with E-state index in [-0.39, 0.29) is 11.5 Å². The Bertz CT molecular complexity index is 471. The van der Waals surface area contributed by atoms with Crippen molar-refractivity contribution >= 4 is 9.84 Å². The lowest BCUT2D eigenvalue weighted by Crippen LogP contribution is -2.21. The molecule has 1 aromatic carbocycles. The van der Waals surface area contributed by atoms with E-state index in [2.05, 4.69) is 5.32 Å². The number of hydrogen-bond donors (Lipinski definition) is 1. The van der Waals surface area contributed by atoms with Crippen molar-refractivity contribution in [2.45, 2.75) is 19.8 Å². The molecule has 0 bridgehead atoms. The number of para-hydroxylation sites is 1. The van der Waals surface area contributed by atoms with E-state index in [1.54, 1.807) is 14.0 Å². The van der Waals surface area contributed by atoms with E-state index in [0.717, 1.165) is 25.3 Å². The van der Waals surface area contributed by atoms with Gasteiger partial charge >= 0.3 is 0 Å². The van der Waals surface area contributed by atoms with Gasteiger partial charge in [0, 0.05) is 5.75 Å². The summed E-state index contributed by atoms with van der Waals surface area (Å²) in [6.45, 7) is 3.24. The van der Waals surface area contributed by atoms with E-state index in [4.69, 9.17) is 4.74 Å². The summed E-state index contributed by atoms with van der Waals surface area (Å²) in [6.07, 6.45) is 1.55. The normalized spacial score (nSPS) is 11.5. The van der Waals surface area contributed by atoms with Crippen molar-refractivity contribution in [1.29, 1.82) is 0 Å². The Kier molecular flexibility index (Phi) is 6.87. The number of sulfone groups is 1. The molecule has 0 radical (unpaired) electrons. The molecule has 108 valence electrons. The highest BCUT2D eigenvalue weighted by Gasteiger charge is 2.06. The van der Waals surface area contributed by atoms with Crippen molar-refractivity contribution in [2.24, 2.45) is 0 Å². The average molecular weight is 285 g/mol. The number of methoxy groups -OCH3 is 1. The van der Waals surface area contributed by atoms with Gasteiger partial charge < -0.3 is 10.1 Å². The SMILES string of the molecule is CCS(=O)(=O)CCCNCCc1ccccc1OC. The molecule has 0 amide bonds. The lowest BCUT2D eigenvalue weighted by Gasteiger charge is -2.09. The molecule has 1 rings (SSSR count). The zero-order valence-corrected chi connectivity index (χ0v) is 12.5. The Balaban J connectivity index is 2.21. The predicted molar refractivity (Wildman–Crippen MR) is 78.5 cm³/mol. The summed E-state index contributed by atoms with van der Waals surface area (Å²) in [5.74, 6) is 1.40. The minimum Gasteiger partial charge on any atom is -0.496 e. The highest BCUT2D eigenvalue weighted by atomic mass is 32.2. The quantitative estimate of drug-likeness (QED) is 0.701. The Labute approximate surface area is 116 Å². The first-order valence-corrected chi connectivity index (χ1v) is 8.44. The van der Waals surface area contributed by atoms with Gasteiger partial charge in [0.05, 0.1) is 12.9 Å². The summed E-state index contributed by atoms with van der Waals surface area (Å²) in [5.41, 5.74) is 1.17. The van der Waals surface area contributed by atoms with E-state index in [1.807, 2.05) is 24.3 Å². The summed E-state index contributed by atoms with van der Waals surface area (Å²) in [5, 5.41) is 3.26. The zero-order valence-electron chi connectivity index (χ0n) is 11.7. The monoisotopic (exact) mass is 285 g/mol. The fourth-order valence-corrected chi connectivity index (χ4v) is 2.69. The molecule has 0 aliphatic rings. The van der Waals surface area contributed by atoms with Gasteiger partial charge in [-0.3, -0.25) is 0 Å². The van der Waals surface area contributed by atoms with Crippen LogP contribution >= 0.6 is 0 Å². The van der Waals surface area contributed by atoms with Gasteiger partial charge in [-0.15, -0.1) is 0 Å². The summed E-state index contributed by atoms with van der Waals surface area (Å²) in [7, 11) is -1.16. The molecular formula is C14H23NO3S. The van der Waals surface area contributed by atoms with Crippen molar-refractivity contribution in [1.82, 2.24) is 5.32 Å². The first-order valence-electron chi connectivity index (χ1n) is 6.62. The molecule has 4 nitrogen and oxygen atoms in total. The highest BCUT2D eigenvalue weighted by molar-refractivity contribution is 7.91. The number of nitrogens with one attached hydrogen (secondary N) is 1. The molecule has 19 heavy (non-hydrogen) atoms. The maximum atomic E-state index is 11.3. The molecule has 0 saturated heterocycles. The van der Waals surface area contributed by atoms with Gasteiger partial charge in [-0.1, -0.05) is 25.1 Å². The van der Waals surface area contributed by atoms with Crippen molar-refractivity contribution in [3.63, 3.8) is 0 Å². The van der Waals surface area contributed by atoms with Crippen LogP contribution in [0.15, 0.2) is 24.3 Å². The molecule has 0 aliphatic carbocycles. The minimum absolute atomic E-state index is 0.230. The minimum atomic E-state index is -2.83. The molecule has 0 aromatic heterocycles. The van der Waals surface area contributed by atoms with Crippen LogP contribution < -0.4 is 10.1 Å². The van der Waals surface area contributed by atoms with Crippen LogP contribution in [-0.4, -0.2) is 40.1 Å². The van der Waals surface area contributed by atoms with Crippen molar-refractivity contribution in [3.8, 4) is 5.75 Å². The molecule has 1 aromatic rings. The van der Waals surface area contributed by atoms with Gasteiger partial charge in [0.25, 0.3) is 0 Å². The van der Waals surface area contributed by atoms with Crippen molar-refractivity contribution in [3.05, 3.63) is 29.8 Å². The number of hydrogen-bond acceptors (Lipinski definition) is 4. The van der Waals surface area contributed by atoms with Crippen LogP contribution in [0, 0.1) is 0 Å². The molecule has 0 atom stereocenters. The fourth-order valence-electron chi connectivity index (χ4n) is 1.82. The summed E-state index contributed by atoms with van der Waals surface area (Å²) in [4.78, 5) is 0. The van der Waals surface area contributed by atoms with Gasteiger partial charge in [0.1, 0.15) is 15.6 Å². The molecule has 1 N–H and O–H groups in total. The molecule has 0 spiro atoms. The van der Waals surface area contributed by atoms with E-state index >= 15 is 0 Å². The second kappa shape index (κ2) is 8.17. The average Bonchev–Trinajstić information content (AvgIpc) is 2.43. The van der Waals surface area contributed by atoms with Crippen LogP contribution in [0.3, 0.4) is 0 Å². The lowest BCUT2D eigenvalue weighted by atomic mass is 10.1. The third-order valence-electron chi connectivity index (χ3n) is 3.01. The van der Waals surface area contributed by atoms with Crippen LogP contribution in [-0.2, 0) is 16.3 Å². The molecule has 0 saturated carbocycles. The Morgan fingerprint density at radius 1 is 1.21 bits per heavy atom. The first kappa shape index (κ1) is 16.0. The van der Waals surface area contributed by atoms with Crippen LogP contribution in [0.4, 0.5) is 0 Å². The first-order chi connectivity index (χ1) is 9.09. The Morgan fingerprint density at radius 2 is 1.95 bits per heavy atom. The van der Waals surface area contributed by atoms with E-state index in [0.29, 0.717) is 6.42 Å².